The average Bonchev–Trinajstić information content (AvgIpc) is 3.51. The molecule has 2 heterocycles. The molecule has 35 heavy (non-hydrogen) atoms. The highest BCUT2D eigenvalue weighted by Crippen LogP contribution is 2.45. The van der Waals surface area contributed by atoms with E-state index in [2.05, 4.69) is 8.75 Å². The molecule has 172 valence electrons. The van der Waals surface area contributed by atoms with Crippen molar-refractivity contribution in [1.29, 1.82) is 5.26 Å². The monoisotopic (exact) mass is 479 g/mol. The molecule has 0 radical (unpaired) electrons. The van der Waals surface area contributed by atoms with E-state index in [-0.39, 0.29) is 18.9 Å². The largest absolute Gasteiger partial charge is 0.367 e. The molecule has 1 aromatic heterocycles. The molecular weight excluding hydrogens is 458 g/mol. The number of nitriles is 1. The first kappa shape index (κ1) is 22.4. The SMILES string of the molecule is N#CC=C1CN(C(=O)C(c2ccccc2)c2ccccc2)C(C(N)=O)(c2cccc3nsnc23)C1. The van der Waals surface area contributed by atoms with Crippen molar-refractivity contribution in [2.45, 2.75) is 17.9 Å². The maximum Gasteiger partial charge on any atom is 0.248 e. The zero-order valence-electron chi connectivity index (χ0n) is 18.7. The Labute approximate surface area is 206 Å². The molecule has 1 unspecified atom stereocenters. The van der Waals surface area contributed by atoms with Gasteiger partial charge in [0.2, 0.25) is 11.8 Å². The number of carbonyl (C=O) groups is 2. The Bertz CT molecular complexity index is 1440. The van der Waals surface area contributed by atoms with Crippen molar-refractivity contribution < 1.29 is 9.59 Å². The summed E-state index contributed by atoms with van der Waals surface area (Å²) in [6.45, 7) is 0.111. The zero-order chi connectivity index (χ0) is 24.4. The summed E-state index contributed by atoms with van der Waals surface area (Å²) in [6.07, 6.45) is 1.51. The number of aromatic nitrogens is 2. The van der Waals surface area contributed by atoms with E-state index < -0.39 is 17.4 Å². The second-order valence-electron chi connectivity index (χ2n) is 8.45. The van der Waals surface area contributed by atoms with Crippen molar-refractivity contribution in [2.75, 3.05) is 6.54 Å². The van der Waals surface area contributed by atoms with Crippen LogP contribution in [0.2, 0.25) is 0 Å². The fraction of sp³-hybridized carbons (Fsp3) is 0.148. The molecule has 0 aliphatic carbocycles. The number of hydrogen-bond acceptors (Lipinski definition) is 6. The first-order valence-corrected chi connectivity index (χ1v) is 11.8. The molecule has 1 aliphatic rings. The predicted molar refractivity (Wildman–Crippen MR) is 133 cm³/mol. The second kappa shape index (κ2) is 9.12. The third kappa shape index (κ3) is 3.76. The van der Waals surface area contributed by atoms with Crippen LogP contribution in [0.5, 0.6) is 0 Å². The first-order valence-electron chi connectivity index (χ1n) is 11.1. The van der Waals surface area contributed by atoms with E-state index in [1.165, 1.54) is 11.0 Å². The molecular formula is C27H21N5O2S. The van der Waals surface area contributed by atoms with E-state index in [1.807, 2.05) is 66.7 Å². The summed E-state index contributed by atoms with van der Waals surface area (Å²) in [4.78, 5) is 29.3. The number of carbonyl (C=O) groups excluding carboxylic acids is 2. The summed E-state index contributed by atoms with van der Waals surface area (Å²) >= 11 is 1.03. The maximum atomic E-state index is 14.4. The quantitative estimate of drug-likeness (QED) is 0.437. The van der Waals surface area contributed by atoms with Gasteiger partial charge in [0.15, 0.2) is 5.54 Å². The Morgan fingerprint density at radius 3 is 2.26 bits per heavy atom. The van der Waals surface area contributed by atoms with Crippen LogP contribution in [0.4, 0.5) is 0 Å². The zero-order valence-corrected chi connectivity index (χ0v) is 19.5. The summed E-state index contributed by atoms with van der Waals surface area (Å²) in [7, 11) is 0. The molecule has 3 aromatic carbocycles. The number of nitrogens with two attached hydrogens (primary N) is 1. The fourth-order valence-electron chi connectivity index (χ4n) is 4.93. The van der Waals surface area contributed by atoms with Gasteiger partial charge in [-0.05, 0) is 22.8 Å². The Hall–Kier alpha value is -4.35. The van der Waals surface area contributed by atoms with Crippen LogP contribution in [0, 0.1) is 11.3 Å². The van der Waals surface area contributed by atoms with E-state index in [1.54, 1.807) is 18.2 Å². The molecule has 0 saturated carbocycles. The van der Waals surface area contributed by atoms with Crippen LogP contribution in [-0.2, 0) is 15.1 Å². The number of nitrogens with zero attached hydrogens (tertiary/aromatic N) is 4. The molecule has 4 aromatic rings. The molecule has 1 aliphatic heterocycles. The van der Waals surface area contributed by atoms with E-state index in [0.29, 0.717) is 22.2 Å². The minimum Gasteiger partial charge on any atom is -0.367 e. The molecule has 1 atom stereocenters. The van der Waals surface area contributed by atoms with Crippen LogP contribution in [0.1, 0.15) is 29.0 Å². The van der Waals surface area contributed by atoms with E-state index in [4.69, 9.17) is 5.73 Å². The van der Waals surface area contributed by atoms with Gasteiger partial charge in [-0.2, -0.15) is 14.0 Å². The number of amides is 2. The number of benzene rings is 3. The Morgan fingerprint density at radius 1 is 1.00 bits per heavy atom. The number of allylic oxidation sites excluding steroid dienone is 1. The lowest BCUT2D eigenvalue weighted by atomic mass is 9.82. The van der Waals surface area contributed by atoms with Gasteiger partial charge in [0, 0.05) is 24.6 Å². The summed E-state index contributed by atoms with van der Waals surface area (Å²) in [5.41, 5.74) is 8.52. The number of likely N-dealkylation sites (tertiary alicyclic amines) is 1. The maximum absolute atomic E-state index is 14.4. The number of hydrogen-bond donors (Lipinski definition) is 1. The normalized spacial score (nSPS) is 18.7. The molecule has 0 bridgehead atoms. The molecule has 1 fully saturated rings. The molecule has 2 amide bonds. The Kier molecular flexibility index (Phi) is 5.85. The highest BCUT2D eigenvalue weighted by atomic mass is 32.1. The van der Waals surface area contributed by atoms with Gasteiger partial charge in [-0.15, -0.1) is 0 Å². The van der Waals surface area contributed by atoms with Crippen molar-refractivity contribution in [3.63, 3.8) is 0 Å². The summed E-state index contributed by atoms with van der Waals surface area (Å²) in [5.74, 6) is -1.61. The average molecular weight is 480 g/mol. The standard InChI is InChI=1S/C27H21N5O2S/c28-15-14-18-16-27(26(29)34,21-12-7-13-22-24(21)31-35-30-22)32(17-18)25(33)23(19-8-3-1-4-9-19)20-10-5-2-6-11-20/h1-14,23H,16-17H2,(H2,29,34). The van der Waals surface area contributed by atoms with Crippen LogP contribution in [-0.4, -0.2) is 32.0 Å². The summed E-state index contributed by atoms with van der Waals surface area (Å²) in [6, 6.07) is 26.3. The number of primary amides is 1. The third-order valence-corrected chi connectivity index (χ3v) is 7.03. The molecule has 5 rings (SSSR count). The van der Waals surface area contributed by atoms with E-state index >= 15 is 0 Å². The minimum absolute atomic E-state index is 0.111. The van der Waals surface area contributed by atoms with Gasteiger partial charge in [-0.1, -0.05) is 72.8 Å². The third-order valence-electron chi connectivity index (χ3n) is 6.49. The smallest absolute Gasteiger partial charge is 0.248 e. The van der Waals surface area contributed by atoms with Gasteiger partial charge in [0.25, 0.3) is 0 Å². The topological polar surface area (TPSA) is 113 Å². The summed E-state index contributed by atoms with van der Waals surface area (Å²) in [5, 5.41) is 9.37. The van der Waals surface area contributed by atoms with Gasteiger partial charge < -0.3 is 10.6 Å². The van der Waals surface area contributed by atoms with Crippen molar-refractivity contribution in [3.05, 3.63) is 107 Å². The van der Waals surface area contributed by atoms with Crippen molar-refractivity contribution >= 4 is 34.6 Å². The van der Waals surface area contributed by atoms with Crippen LogP contribution >= 0.6 is 11.7 Å². The van der Waals surface area contributed by atoms with Crippen LogP contribution in [0.3, 0.4) is 0 Å². The van der Waals surface area contributed by atoms with Crippen LogP contribution in [0.25, 0.3) is 11.0 Å². The van der Waals surface area contributed by atoms with Gasteiger partial charge in [-0.25, -0.2) is 0 Å². The molecule has 8 heteroatoms. The van der Waals surface area contributed by atoms with Crippen molar-refractivity contribution in [2.24, 2.45) is 5.73 Å². The lowest BCUT2D eigenvalue weighted by Crippen LogP contribution is -2.54. The van der Waals surface area contributed by atoms with Crippen molar-refractivity contribution in [1.82, 2.24) is 13.6 Å². The van der Waals surface area contributed by atoms with Gasteiger partial charge in [-0.3, -0.25) is 9.59 Å². The predicted octanol–water partition coefficient (Wildman–Crippen LogP) is 3.89. The lowest BCUT2D eigenvalue weighted by Gasteiger charge is -2.38. The molecule has 1 saturated heterocycles. The van der Waals surface area contributed by atoms with Gasteiger partial charge in [0.1, 0.15) is 11.0 Å². The highest BCUT2D eigenvalue weighted by molar-refractivity contribution is 7.00. The van der Waals surface area contributed by atoms with E-state index in [9.17, 15) is 14.9 Å². The fourth-order valence-corrected chi connectivity index (χ4v) is 5.48. The first-order chi connectivity index (χ1) is 17.1. The molecule has 0 spiro atoms. The Balaban J connectivity index is 1.73. The minimum atomic E-state index is -1.50. The van der Waals surface area contributed by atoms with Crippen LogP contribution in [0.15, 0.2) is 90.5 Å². The van der Waals surface area contributed by atoms with Gasteiger partial charge >= 0.3 is 0 Å². The highest BCUT2D eigenvalue weighted by Gasteiger charge is 2.54. The molecule has 2 N–H and O–H groups in total. The molecule has 7 nitrogen and oxygen atoms in total. The van der Waals surface area contributed by atoms with E-state index in [0.717, 1.165) is 22.9 Å². The van der Waals surface area contributed by atoms with Gasteiger partial charge in [0.05, 0.1) is 23.7 Å². The number of fused-ring (bicyclic) bond motifs is 1. The van der Waals surface area contributed by atoms with Crippen LogP contribution < -0.4 is 5.73 Å². The number of rotatable bonds is 5. The second-order valence-corrected chi connectivity index (χ2v) is 8.98. The van der Waals surface area contributed by atoms with Crippen molar-refractivity contribution in [3.8, 4) is 6.07 Å². The lowest BCUT2D eigenvalue weighted by molar-refractivity contribution is -0.144. The summed E-state index contributed by atoms with van der Waals surface area (Å²) < 4.78 is 8.72. The Morgan fingerprint density at radius 2 is 1.66 bits per heavy atom.